The Morgan fingerprint density at radius 2 is 1.96 bits per heavy atom. The van der Waals surface area contributed by atoms with E-state index in [1.54, 1.807) is 0 Å². The Hall–Kier alpha value is -1.74. The largest absolute Gasteiger partial charge is 0.481 e. The molecule has 1 aliphatic rings. The third kappa shape index (κ3) is 3.67. The summed E-state index contributed by atoms with van der Waals surface area (Å²) in [6.07, 6.45) is 2.55. The van der Waals surface area contributed by atoms with Crippen LogP contribution in [-0.4, -0.2) is 16.8 Å². The molecule has 0 spiro atoms. The average Bonchev–Trinajstić information content (AvgIpc) is 2.56. The number of carbonyl (C=O) groups is 1. The lowest BCUT2D eigenvalue weighted by Gasteiger charge is -2.33. The second-order valence-electron chi connectivity index (χ2n) is 7.15. The van der Waals surface area contributed by atoms with Gasteiger partial charge in [0.1, 0.15) is 0 Å². The third-order valence-electron chi connectivity index (χ3n) is 4.98. The Bertz CT molecular complexity index is 722. The zero-order valence-electron chi connectivity index (χ0n) is 14.3. The fourth-order valence-corrected chi connectivity index (χ4v) is 4.85. The van der Waals surface area contributed by atoms with Gasteiger partial charge in [-0.3, -0.25) is 4.79 Å². The first-order valence-electron chi connectivity index (χ1n) is 8.51. The van der Waals surface area contributed by atoms with Gasteiger partial charge in [-0.05, 0) is 53.2 Å². The number of fused-ring (bicyclic) bond motifs is 1. The summed E-state index contributed by atoms with van der Waals surface area (Å²) >= 11 is 1.88. The Morgan fingerprint density at radius 1 is 1.21 bits per heavy atom. The highest BCUT2D eigenvalue weighted by molar-refractivity contribution is 7.99. The summed E-state index contributed by atoms with van der Waals surface area (Å²) in [7, 11) is 0. The molecule has 0 aromatic heterocycles. The minimum Gasteiger partial charge on any atom is -0.481 e. The first-order valence-corrected chi connectivity index (χ1v) is 9.50. The van der Waals surface area contributed by atoms with Crippen LogP contribution in [0.15, 0.2) is 53.4 Å². The lowest BCUT2D eigenvalue weighted by molar-refractivity contribution is -0.138. The summed E-state index contributed by atoms with van der Waals surface area (Å²) in [5, 5.41) is 9.73. The van der Waals surface area contributed by atoms with E-state index in [1.165, 1.54) is 16.0 Å². The van der Waals surface area contributed by atoms with E-state index < -0.39 is 11.9 Å². The molecule has 24 heavy (non-hydrogen) atoms. The molecule has 2 aromatic carbocycles. The third-order valence-corrected chi connectivity index (χ3v) is 6.06. The molecule has 0 saturated heterocycles. The first-order chi connectivity index (χ1) is 11.5. The van der Waals surface area contributed by atoms with Crippen LogP contribution in [0.25, 0.3) is 0 Å². The number of carboxylic acids is 1. The molecule has 3 heteroatoms. The van der Waals surface area contributed by atoms with Crippen molar-refractivity contribution in [3.05, 3.63) is 65.2 Å². The van der Waals surface area contributed by atoms with Gasteiger partial charge < -0.3 is 5.11 Å². The van der Waals surface area contributed by atoms with Crippen LogP contribution in [0.4, 0.5) is 0 Å². The SMILES string of the molecule is CC1(C)CCSc2ccc(C(CCc3ccccc3)C(=O)O)cc21. The lowest BCUT2D eigenvalue weighted by Crippen LogP contribution is -2.23. The van der Waals surface area contributed by atoms with Crippen molar-refractivity contribution in [2.75, 3.05) is 5.75 Å². The number of carboxylic acid groups (broad SMARTS) is 1. The molecule has 1 unspecified atom stereocenters. The van der Waals surface area contributed by atoms with Gasteiger partial charge in [-0.2, -0.15) is 0 Å². The Kier molecular flexibility index (Phi) is 5.00. The Labute approximate surface area is 148 Å². The zero-order valence-corrected chi connectivity index (χ0v) is 15.1. The summed E-state index contributed by atoms with van der Waals surface area (Å²) in [6.45, 7) is 4.52. The van der Waals surface area contributed by atoms with Crippen molar-refractivity contribution >= 4 is 17.7 Å². The minimum atomic E-state index is -0.729. The molecule has 126 valence electrons. The van der Waals surface area contributed by atoms with E-state index in [4.69, 9.17) is 0 Å². The molecule has 0 radical (unpaired) electrons. The molecule has 0 amide bonds. The van der Waals surface area contributed by atoms with Crippen LogP contribution >= 0.6 is 11.8 Å². The van der Waals surface area contributed by atoms with Gasteiger partial charge >= 0.3 is 5.97 Å². The van der Waals surface area contributed by atoms with Gasteiger partial charge in [0.15, 0.2) is 0 Å². The van der Waals surface area contributed by atoms with Crippen LogP contribution in [0.5, 0.6) is 0 Å². The van der Waals surface area contributed by atoms with Crippen molar-refractivity contribution in [3.8, 4) is 0 Å². The number of aryl methyl sites for hydroxylation is 1. The normalized spacial score (nSPS) is 17.1. The van der Waals surface area contributed by atoms with Crippen LogP contribution in [0.1, 0.15) is 49.3 Å². The standard InChI is InChI=1S/C21H24O2S/c1-21(2)12-13-24-19-11-9-16(14-18(19)21)17(20(22)23)10-8-15-6-4-3-5-7-15/h3-7,9,11,14,17H,8,10,12-13H2,1-2H3,(H,22,23). The van der Waals surface area contributed by atoms with E-state index in [9.17, 15) is 9.90 Å². The maximum Gasteiger partial charge on any atom is 0.310 e. The second-order valence-corrected chi connectivity index (χ2v) is 8.29. The molecule has 0 bridgehead atoms. The van der Waals surface area contributed by atoms with E-state index in [1.807, 2.05) is 36.0 Å². The number of hydrogen-bond acceptors (Lipinski definition) is 2. The molecule has 0 aliphatic carbocycles. The van der Waals surface area contributed by atoms with Gasteiger partial charge in [0.2, 0.25) is 0 Å². The van der Waals surface area contributed by atoms with Crippen molar-refractivity contribution < 1.29 is 9.90 Å². The van der Waals surface area contributed by atoms with Crippen LogP contribution in [0.3, 0.4) is 0 Å². The predicted molar refractivity (Wildman–Crippen MR) is 99.9 cm³/mol. The summed E-state index contributed by atoms with van der Waals surface area (Å²) < 4.78 is 0. The number of thioether (sulfide) groups is 1. The van der Waals surface area contributed by atoms with Crippen LogP contribution in [-0.2, 0) is 16.6 Å². The van der Waals surface area contributed by atoms with Crippen molar-refractivity contribution in [1.29, 1.82) is 0 Å². The number of rotatable bonds is 5. The van der Waals surface area contributed by atoms with Gasteiger partial charge in [-0.25, -0.2) is 0 Å². The maximum absolute atomic E-state index is 11.8. The van der Waals surface area contributed by atoms with Crippen molar-refractivity contribution in [1.82, 2.24) is 0 Å². The average molecular weight is 340 g/mol. The van der Waals surface area contributed by atoms with Gasteiger partial charge in [0.25, 0.3) is 0 Å². The fourth-order valence-electron chi connectivity index (χ4n) is 3.36. The van der Waals surface area contributed by atoms with Crippen molar-refractivity contribution in [3.63, 3.8) is 0 Å². The van der Waals surface area contributed by atoms with E-state index in [-0.39, 0.29) is 5.41 Å². The molecule has 3 rings (SSSR count). The van der Waals surface area contributed by atoms with E-state index in [0.29, 0.717) is 6.42 Å². The van der Waals surface area contributed by atoms with Gasteiger partial charge in [0.05, 0.1) is 5.92 Å². The summed E-state index contributed by atoms with van der Waals surface area (Å²) in [5.74, 6) is -0.0409. The molecule has 1 N–H and O–H groups in total. The maximum atomic E-state index is 11.8. The highest BCUT2D eigenvalue weighted by Gasteiger charge is 2.29. The molecule has 1 atom stereocenters. The highest BCUT2D eigenvalue weighted by Crippen LogP contribution is 2.42. The van der Waals surface area contributed by atoms with Gasteiger partial charge in [0, 0.05) is 4.90 Å². The number of benzene rings is 2. The second kappa shape index (κ2) is 7.02. The molecule has 0 saturated carbocycles. The summed E-state index contributed by atoms with van der Waals surface area (Å²) in [6, 6.07) is 16.4. The molecule has 0 fully saturated rings. The van der Waals surface area contributed by atoms with E-state index in [2.05, 4.69) is 38.1 Å². The number of aliphatic carboxylic acids is 1. The monoisotopic (exact) mass is 340 g/mol. The highest BCUT2D eigenvalue weighted by atomic mass is 32.2. The van der Waals surface area contributed by atoms with Crippen LogP contribution in [0, 0.1) is 0 Å². The van der Waals surface area contributed by atoms with Gasteiger partial charge in [-0.15, -0.1) is 11.8 Å². The molecule has 1 aliphatic heterocycles. The van der Waals surface area contributed by atoms with Crippen molar-refractivity contribution in [2.45, 2.75) is 49.3 Å². The minimum absolute atomic E-state index is 0.124. The smallest absolute Gasteiger partial charge is 0.310 e. The van der Waals surface area contributed by atoms with Crippen molar-refractivity contribution in [2.24, 2.45) is 0 Å². The Morgan fingerprint density at radius 3 is 2.67 bits per heavy atom. The van der Waals surface area contributed by atoms with Gasteiger partial charge in [-0.1, -0.05) is 56.3 Å². The first kappa shape index (κ1) is 17.1. The van der Waals surface area contributed by atoms with Crippen LogP contribution < -0.4 is 0 Å². The topological polar surface area (TPSA) is 37.3 Å². The zero-order chi connectivity index (χ0) is 17.2. The summed E-state index contributed by atoms with van der Waals surface area (Å²) in [5.41, 5.74) is 3.56. The predicted octanol–water partition coefficient (Wildman–Crippen LogP) is 5.26. The lowest BCUT2D eigenvalue weighted by atomic mass is 9.79. The van der Waals surface area contributed by atoms with E-state index >= 15 is 0 Å². The molecular formula is C21H24O2S. The molecule has 1 heterocycles. The fraction of sp³-hybridized carbons (Fsp3) is 0.381. The molecule has 2 aromatic rings. The molecule has 2 nitrogen and oxygen atoms in total. The molecular weight excluding hydrogens is 316 g/mol. The summed E-state index contributed by atoms with van der Waals surface area (Å²) in [4.78, 5) is 13.2. The quantitative estimate of drug-likeness (QED) is 0.806. The van der Waals surface area contributed by atoms with Crippen LogP contribution in [0.2, 0.25) is 0 Å². The Balaban J connectivity index is 1.85. The number of hydrogen-bond donors (Lipinski definition) is 1. The van der Waals surface area contributed by atoms with E-state index in [0.717, 1.165) is 24.2 Å².